The predicted octanol–water partition coefficient (Wildman–Crippen LogP) is 5.32. The first-order valence-corrected chi connectivity index (χ1v) is 11.6. The van der Waals surface area contributed by atoms with E-state index in [0.717, 1.165) is 24.1 Å². The van der Waals surface area contributed by atoms with Crippen molar-refractivity contribution in [3.8, 4) is 5.75 Å². The number of nitrogens with zero attached hydrogens (tertiary/aromatic N) is 2. The van der Waals surface area contributed by atoms with E-state index >= 15 is 0 Å². The number of fused-ring (bicyclic) bond motifs is 1. The van der Waals surface area contributed by atoms with Gasteiger partial charge in [0.1, 0.15) is 5.75 Å². The van der Waals surface area contributed by atoms with E-state index in [1.807, 2.05) is 6.07 Å². The Kier molecular flexibility index (Phi) is 8.52. The SMILES string of the molecule is CCCn1cc(Cc2ccc(C(=O)OC)cc2OC)c2cc(C=CCCC(=O)N(C)C)ccc21. The summed E-state index contributed by atoms with van der Waals surface area (Å²) in [6.45, 7) is 3.11. The van der Waals surface area contributed by atoms with Gasteiger partial charge in [-0.15, -0.1) is 0 Å². The highest BCUT2D eigenvalue weighted by Gasteiger charge is 2.14. The largest absolute Gasteiger partial charge is 0.496 e. The number of ether oxygens (including phenoxy) is 2. The van der Waals surface area contributed by atoms with Crippen LogP contribution in [0.1, 0.15) is 53.2 Å². The van der Waals surface area contributed by atoms with Crippen LogP contribution in [0.15, 0.2) is 48.7 Å². The number of carbonyl (C=O) groups is 2. The topological polar surface area (TPSA) is 60.8 Å². The van der Waals surface area contributed by atoms with E-state index in [9.17, 15) is 9.59 Å². The van der Waals surface area contributed by atoms with Gasteiger partial charge in [-0.1, -0.05) is 31.2 Å². The summed E-state index contributed by atoms with van der Waals surface area (Å²) in [5.74, 6) is 0.417. The maximum atomic E-state index is 11.9. The lowest BCUT2D eigenvalue weighted by atomic mass is 10.0. The van der Waals surface area contributed by atoms with E-state index in [0.29, 0.717) is 30.6 Å². The third kappa shape index (κ3) is 5.87. The number of methoxy groups -OCH3 is 2. The van der Waals surface area contributed by atoms with Crippen LogP contribution in [0.25, 0.3) is 17.0 Å². The molecule has 0 saturated heterocycles. The fourth-order valence-electron chi connectivity index (χ4n) is 4.05. The van der Waals surface area contributed by atoms with Crippen LogP contribution in [-0.2, 0) is 22.5 Å². The molecule has 0 radical (unpaired) electrons. The Bertz CT molecular complexity index is 1190. The minimum Gasteiger partial charge on any atom is -0.496 e. The van der Waals surface area contributed by atoms with Crippen molar-refractivity contribution < 1.29 is 19.1 Å². The third-order valence-electron chi connectivity index (χ3n) is 5.88. The first kappa shape index (κ1) is 25.1. The molecule has 180 valence electrons. The van der Waals surface area contributed by atoms with E-state index in [1.165, 1.54) is 23.6 Å². The monoisotopic (exact) mass is 462 g/mol. The summed E-state index contributed by atoms with van der Waals surface area (Å²) in [6.07, 6.45) is 9.29. The zero-order chi connectivity index (χ0) is 24.7. The summed E-state index contributed by atoms with van der Waals surface area (Å²) in [7, 11) is 6.54. The Morgan fingerprint density at radius 2 is 1.85 bits per heavy atom. The van der Waals surface area contributed by atoms with Crippen molar-refractivity contribution in [2.75, 3.05) is 28.3 Å². The fraction of sp³-hybridized carbons (Fsp3) is 0.357. The van der Waals surface area contributed by atoms with Crippen molar-refractivity contribution in [3.05, 3.63) is 70.9 Å². The van der Waals surface area contributed by atoms with Crippen LogP contribution in [0.3, 0.4) is 0 Å². The van der Waals surface area contributed by atoms with Gasteiger partial charge in [0.2, 0.25) is 5.91 Å². The quantitative estimate of drug-likeness (QED) is 0.383. The Hall–Kier alpha value is -3.54. The number of amides is 1. The fourth-order valence-corrected chi connectivity index (χ4v) is 4.05. The lowest BCUT2D eigenvalue weighted by Crippen LogP contribution is -2.20. The lowest BCUT2D eigenvalue weighted by molar-refractivity contribution is -0.128. The van der Waals surface area contributed by atoms with Gasteiger partial charge >= 0.3 is 5.97 Å². The molecule has 0 bridgehead atoms. The van der Waals surface area contributed by atoms with Gasteiger partial charge in [-0.25, -0.2) is 4.79 Å². The summed E-state index contributed by atoms with van der Waals surface area (Å²) < 4.78 is 12.7. The van der Waals surface area contributed by atoms with E-state index in [1.54, 1.807) is 38.2 Å². The molecule has 1 aromatic heterocycles. The van der Waals surface area contributed by atoms with Crippen LogP contribution in [0.5, 0.6) is 5.75 Å². The average Bonchev–Trinajstić information content (AvgIpc) is 3.17. The van der Waals surface area contributed by atoms with Gasteiger partial charge in [0, 0.05) is 50.6 Å². The molecular weight excluding hydrogens is 428 g/mol. The molecule has 0 unspecified atom stereocenters. The van der Waals surface area contributed by atoms with Crippen LogP contribution in [-0.4, -0.2) is 49.7 Å². The Morgan fingerprint density at radius 1 is 1.06 bits per heavy atom. The third-order valence-corrected chi connectivity index (χ3v) is 5.88. The number of hydrogen-bond acceptors (Lipinski definition) is 4. The van der Waals surface area contributed by atoms with Crippen molar-refractivity contribution in [3.63, 3.8) is 0 Å². The maximum Gasteiger partial charge on any atom is 0.337 e. The molecule has 0 spiro atoms. The molecule has 3 rings (SSSR count). The Balaban J connectivity index is 1.91. The van der Waals surface area contributed by atoms with Gasteiger partial charge in [0.15, 0.2) is 0 Å². The van der Waals surface area contributed by atoms with Crippen molar-refractivity contribution >= 4 is 28.9 Å². The van der Waals surface area contributed by atoms with Crippen molar-refractivity contribution in [1.82, 2.24) is 9.47 Å². The van der Waals surface area contributed by atoms with E-state index < -0.39 is 0 Å². The maximum absolute atomic E-state index is 11.9. The Labute approximate surface area is 201 Å². The second-order valence-electron chi connectivity index (χ2n) is 8.55. The smallest absolute Gasteiger partial charge is 0.337 e. The highest BCUT2D eigenvalue weighted by Crippen LogP contribution is 2.30. The molecule has 6 nitrogen and oxygen atoms in total. The molecule has 1 heterocycles. The molecule has 0 saturated carbocycles. The number of hydrogen-bond donors (Lipinski definition) is 0. The van der Waals surface area contributed by atoms with Crippen LogP contribution >= 0.6 is 0 Å². The molecule has 3 aromatic rings. The molecular formula is C28H34N2O4. The van der Waals surface area contributed by atoms with Crippen molar-refractivity contribution in [2.45, 2.75) is 39.2 Å². The van der Waals surface area contributed by atoms with Gasteiger partial charge in [-0.2, -0.15) is 0 Å². The van der Waals surface area contributed by atoms with Crippen molar-refractivity contribution in [2.24, 2.45) is 0 Å². The molecule has 1 amide bonds. The average molecular weight is 463 g/mol. The number of aromatic nitrogens is 1. The molecule has 0 fully saturated rings. The number of aryl methyl sites for hydroxylation is 1. The molecule has 0 aliphatic heterocycles. The normalized spacial score (nSPS) is 11.2. The first-order valence-electron chi connectivity index (χ1n) is 11.6. The van der Waals surface area contributed by atoms with Gasteiger partial charge in [-0.3, -0.25) is 4.79 Å². The van der Waals surface area contributed by atoms with E-state index in [4.69, 9.17) is 9.47 Å². The molecule has 0 aliphatic carbocycles. The van der Waals surface area contributed by atoms with E-state index in [-0.39, 0.29) is 11.9 Å². The minimum absolute atomic E-state index is 0.131. The molecule has 0 aliphatic rings. The van der Waals surface area contributed by atoms with Crippen LogP contribution in [0, 0.1) is 0 Å². The first-order chi connectivity index (χ1) is 16.4. The number of esters is 1. The van der Waals surface area contributed by atoms with Crippen LogP contribution in [0.4, 0.5) is 0 Å². The second kappa shape index (κ2) is 11.5. The molecule has 6 heteroatoms. The predicted molar refractivity (Wildman–Crippen MR) is 136 cm³/mol. The summed E-state index contributed by atoms with van der Waals surface area (Å²) in [6, 6.07) is 11.9. The molecule has 0 atom stereocenters. The van der Waals surface area contributed by atoms with Crippen molar-refractivity contribution in [1.29, 1.82) is 0 Å². The van der Waals surface area contributed by atoms with Gasteiger partial charge < -0.3 is 18.9 Å². The molecule has 0 N–H and O–H groups in total. The number of rotatable bonds is 10. The number of allylic oxidation sites excluding steroid dienone is 1. The molecule has 34 heavy (non-hydrogen) atoms. The second-order valence-corrected chi connectivity index (χ2v) is 8.55. The van der Waals surface area contributed by atoms with Crippen LogP contribution in [0.2, 0.25) is 0 Å². The summed E-state index contributed by atoms with van der Waals surface area (Å²) in [5.41, 5.74) is 4.98. The van der Waals surface area contributed by atoms with Gasteiger partial charge in [-0.05, 0) is 53.8 Å². The number of carbonyl (C=O) groups excluding carboxylic acids is 2. The van der Waals surface area contributed by atoms with E-state index in [2.05, 4.69) is 48.0 Å². The standard InChI is InChI=1S/C28H34N2O4/c1-6-15-30-19-23(17-21-12-13-22(28(32)34-5)18-26(21)33-4)24-16-20(11-14-25(24)30)9-7-8-10-27(31)29(2)3/h7,9,11-14,16,18-19H,6,8,10,15,17H2,1-5H3. The Morgan fingerprint density at radius 3 is 2.53 bits per heavy atom. The minimum atomic E-state index is -0.381. The highest BCUT2D eigenvalue weighted by molar-refractivity contribution is 5.90. The molecule has 2 aromatic carbocycles. The van der Waals surface area contributed by atoms with Crippen LogP contribution < -0.4 is 4.74 Å². The highest BCUT2D eigenvalue weighted by atomic mass is 16.5. The summed E-state index contributed by atoms with van der Waals surface area (Å²) in [5, 5.41) is 1.19. The zero-order valence-corrected chi connectivity index (χ0v) is 20.8. The van der Waals surface area contributed by atoms with Gasteiger partial charge in [0.25, 0.3) is 0 Å². The zero-order valence-electron chi connectivity index (χ0n) is 20.8. The summed E-state index contributed by atoms with van der Waals surface area (Å²) in [4.78, 5) is 25.3. The summed E-state index contributed by atoms with van der Waals surface area (Å²) >= 11 is 0. The van der Waals surface area contributed by atoms with Gasteiger partial charge in [0.05, 0.1) is 19.8 Å². The number of benzene rings is 2. The lowest BCUT2D eigenvalue weighted by Gasteiger charge is -2.10.